The Hall–Kier alpha value is -2.45. The second-order valence-electron chi connectivity index (χ2n) is 7.05. The normalized spacial score (nSPS) is 12.2. The van der Waals surface area contributed by atoms with Crippen molar-refractivity contribution in [3.63, 3.8) is 0 Å². The van der Waals surface area contributed by atoms with Gasteiger partial charge in [0, 0.05) is 23.9 Å². The molecule has 134 valence electrons. The Kier molecular flexibility index (Phi) is 5.85. The molecule has 0 saturated carbocycles. The standard InChI is InChI=1S/C24H27NO/c1-17-15-24(16-18(2)25-17)23-12-10-22(11-13-23)19(3)21-8-6-20(7-9-21)5-4-14-26/h6-13,15-16,19,26H,4-5,14H2,1-3H3. The number of aliphatic hydroxyl groups excluding tert-OH is 1. The molecule has 0 bridgehead atoms. The molecule has 1 N–H and O–H groups in total. The Bertz CT molecular complexity index is 830. The van der Waals surface area contributed by atoms with Crippen LogP contribution in [0.1, 0.15) is 47.3 Å². The predicted molar refractivity (Wildman–Crippen MR) is 109 cm³/mol. The van der Waals surface area contributed by atoms with Crippen molar-refractivity contribution < 1.29 is 5.11 Å². The molecule has 3 rings (SSSR count). The Morgan fingerprint density at radius 2 is 1.35 bits per heavy atom. The molecule has 1 heterocycles. The maximum Gasteiger partial charge on any atom is 0.0434 e. The molecular formula is C24H27NO. The van der Waals surface area contributed by atoms with Crippen LogP contribution in [-0.4, -0.2) is 16.7 Å². The van der Waals surface area contributed by atoms with Gasteiger partial charge in [-0.15, -0.1) is 0 Å². The van der Waals surface area contributed by atoms with E-state index in [9.17, 15) is 0 Å². The number of aromatic nitrogens is 1. The van der Waals surface area contributed by atoms with E-state index in [1.54, 1.807) is 0 Å². The summed E-state index contributed by atoms with van der Waals surface area (Å²) in [7, 11) is 0. The Balaban J connectivity index is 1.77. The topological polar surface area (TPSA) is 33.1 Å². The number of hydrogen-bond donors (Lipinski definition) is 1. The number of benzene rings is 2. The summed E-state index contributed by atoms with van der Waals surface area (Å²) in [6.45, 7) is 6.58. The van der Waals surface area contributed by atoms with Gasteiger partial charge in [-0.2, -0.15) is 0 Å². The fraction of sp³-hybridized carbons (Fsp3) is 0.292. The van der Waals surface area contributed by atoms with Gasteiger partial charge in [0.15, 0.2) is 0 Å². The van der Waals surface area contributed by atoms with E-state index >= 15 is 0 Å². The summed E-state index contributed by atoms with van der Waals surface area (Å²) in [5.41, 5.74) is 8.49. The average Bonchev–Trinajstić information content (AvgIpc) is 2.65. The van der Waals surface area contributed by atoms with E-state index in [1.165, 1.54) is 27.8 Å². The van der Waals surface area contributed by atoms with Crippen LogP contribution < -0.4 is 0 Å². The zero-order valence-corrected chi connectivity index (χ0v) is 15.9. The molecule has 1 aromatic heterocycles. The lowest BCUT2D eigenvalue weighted by molar-refractivity contribution is 0.288. The van der Waals surface area contributed by atoms with Gasteiger partial charge in [-0.3, -0.25) is 4.98 Å². The first-order chi connectivity index (χ1) is 12.6. The van der Waals surface area contributed by atoms with E-state index in [0.717, 1.165) is 24.2 Å². The van der Waals surface area contributed by atoms with Gasteiger partial charge < -0.3 is 5.11 Å². The quantitative estimate of drug-likeness (QED) is 0.645. The second kappa shape index (κ2) is 8.29. The van der Waals surface area contributed by atoms with Crippen molar-refractivity contribution in [3.8, 4) is 11.1 Å². The van der Waals surface area contributed by atoms with Crippen LogP contribution in [0.25, 0.3) is 11.1 Å². The minimum Gasteiger partial charge on any atom is -0.396 e. The first-order valence-electron chi connectivity index (χ1n) is 9.32. The highest BCUT2D eigenvalue weighted by molar-refractivity contribution is 5.64. The third-order valence-corrected chi connectivity index (χ3v) is 4.93. The fourth-order valence-electron chi connectivity index (χ4n) is 3.41. The number of aliphatic hydroxyl groups is 1. The monoisotopic (exact) mass is 345 g/mol. The molecule has 0 aliphatic rings. The zero-order valence-electron chi connectivity index (χ0n) is 15.9. The van der Waals surface area contributed by atoms with Crippen LogP contribution in [0.15, 0.2) is 60.7 Å². The number of rotatable bonds is 6. The lowest BCUT2D eigenvalue weighted by atomic mass is 9.91. The van der Waals surface area contributed by atoms with Crippen molar-refractivity contribution in [1.82, 2.24) is 4.98 Å². The Labute approximate surface area is 156 Å². The summed E-state index contributed by atoms with van der Waals surface area (Å²) in [5.74, 6) is 0.358. The van der Waals surface area contributed by atoms with Gasteiger partial charge in [0.1, 0.15) is 0 Å². The maximum absolute atomic E-state index is 8.95. The Morgan fingerprint density at radius 3 is 1.88 bits per heavy atom. The van der Waals surface area contributed by atoms with Gasteiger partial charge in [-0.05, 0) is 66.6 Å². The molecule has 0 saturated heterocycles. The summed E-state index contributed by atoms with van der Waals surface area (Å²) in [6, 6.07) is 21.9. The highest BCUT2D eigenvalue weighted by Crippen LogP contribution is 2.28. The molecule has 1 atom stereocenters. The van der Waals surface area contributed by atoms with E-state index in [0.29, 0.717) is 5.92 Å². The molecule has 1 unspecified atom stereocenters. The summed E-state index contributed by atoms with van der Waals surface area (Å²) in [5, 5.41) is 8.95. The smallest absolute Gasteiger partial charge is 0.0434 e. The van der Waals surface area contributed by atoms with Gasteiger partial charge in [-0.25, -0.2) is 0 Å². The SMILES string of the molecule is Cc1cc(-c2ccc(C(C)c3ccc(CCCO)cc3)cc2)cc(C)n1. The van der Waals surface area contributed by atoms with Gasteiger partial charge in [0.2, 0.25) is 0 Å². The Morgan fingerprint density at radius 1 is 0.808 bits per heavy atom. The molecule has 3 aromatic rings. The predicted octanol–water partition coefficient (Wildman–Crippen LogP) is 5.44. The van der Waals surface area contributed by atoms with E-state index in [1.807, 2.05) is 13.8 Å². The van der Waals surface area contributed by atoms with Crippen molar-refractivity contribution in [1.29, 1.82) is 0 Å². The highest BCUT2D eigenvalue weighted by Gasteiger charge is 2.09. The summed E-state index contributed by atoms with van der Waals surface area (Å²) in [4.78, 5) is 4.46. The van der Waals surface area contributed by atoms with Crippen LogP contribution in [0.5, 0.6) is 0 Å². The minimum absolute atomic E-state index is 0.251. The minimum atomic E-state index is 0.251. The molecule has 2 heteroatoms. The van der Waals surface area contributed by atoms with Crippen LogP contribution in [-0.2, 0) is 6.42 Å². The molecule has 0 aliphatic carbocycles. The molecule has 0 fully saturated rings. The van der Waals surface area contributed by atoms with Gasteiger partial charge in [0.05, 0.1) is 0 Å². The van der Waals surface area contributed by atoms with E-state index in [2.05, 4.69) is 72.6 Å². The van der Waals surface area contributed by atoms with Crippen LogP contribution in [0.2, 0.25) is 0 Å². The van der Waals surface area contributed by atoms with Crippen molar-refractivity contribution in [2.45, 2.75) is 39.5 Å². The highest BCUT2D eigenvalue weighted by atomic mass is 16.2. The summed E-state index contributed by atoms with van der Waals surface area (Å²) < 4.78 is 0. The lowest BCUT2D eigenvalue weighted by Gasteiger charge is -2.14. The van der Waals surface area contributed by atoms with Crippen LogP contribution in [0.3, 0.4) is 0 Å². The van der Waals surface area contributed by atoms with Crippen molar-refractivity contribution >= 4 is 0 Å². The lowest BCUT2D eigenvalue weighted by Crippen LogP contribution is -1.97. The number of pyridine rings is 1. The average molecular weight is 345 g/mol. The van der Waals surface area contributed by atoms with E-state index in [4.69, 9.17) is 5.11 Å². The first-order valence-corrected chi connectivity index (χ1v) is 9.32. The zero-order chi connectivity index (χ0) is 18.5. The third kappa shape index (κ3) is 4.39. The van der Waals surface area contributed by atoms with Crippen LogP contribution in [0, 0.1) is 13.8 Å². The van der Waals surface area contributed by atoms with Gasteiger partial charge in [0.25, 0.3) is 0 Å². The summed E-state index contributed by atoms with van der Waals surface area (Å²) >= 11 is 0. The molecular weight excluding hydrogens is 318 g/mol. The number of hydrogen-bond acceptors (Lipinski definition) is 2. The van der Waals surface area contributed by atoms with Gasteiger partial charge >= 0.3 is 0 Å². The molecule has 0 amide bonds. The number of nitrogens with zero attached hydrogens (tertiary/aromatic N) is 1. The first kappa shape index (κ1) is 18.3. The van der Waals surface area contributed by atoms with E-state index in [-0.39, 0.29) is 6.61 Å². The molecule has 0 aliphatic heterocycles. The maximum atomic E-state index is 8.95. The molecule has 2 nitrogen and oxygen atoms in total. The molecule has 0 radical (unpaired) electrons. The summed E-state index contributed by atoms with van der Waals surface area (Å²) in [6.07, 6.45) is 1.76. The van der Waals surface area contributed by atoms with E-state index < -0.39 is 0 Å². The number of aryl methyl sites for hydroxylation is 3. The molecule has 26 heavy (non-hydrogen) atoms. The van der Waals surface area contributed by atoms with Crippen molar-refractivity contribution in [2.75, 3.05) is 6.61 Å². The molecule has 0 spiro atoms. The largest absolute Gasteiger partial charge is 0.396 e. The second-order valence-corrected chi connectivity index (χ2v) is 7.05. The molecule has 2 aromatic carbocycles. The van der Waals surface area contributed by atoms with Crippen LogP contribution in [0.4, 0.5) is 0 Å². The van der Waals surface area contributed by atoms with Crippen molar-refractivity contribution in [2.24, 2.45) is 0 Å². The third-order valence-electron chi connectivity index (χ3n) is 4.93. The fourth-order valence-corrected chi connectivity index (χ4v) is 3.41. The van der Waals surface area contributed by atoms with Gasteiger partial charge in [-0.1, -0.05) is 55.5 Å². The van der Waals surface area contributed by atoms with Crippen LogP contribution >= 0.6 is 0 Å². The van der Waals surface area contributed by atoms with Crippen molar-refractivity contribution in [3.05, 3.63) is 88.7 Å².